The molecule has 1 amide bonds. The average Bonchev–Trinajstić information content (AvgIpc) is 2.65. The van der Waals surface area contributed by atoms with Crippen LogP contribution in [0.1, 0.15) is 53.9 Å². The molecule has 1 aliphatic rings. The zero-order valence-electron chi connectivity index (χ0n) is 15.0. The molecule has 0 aromatic rings. The Morgan fingerprint density at radius 3 is 2.29 bits per heavy atom. The molecule has 124 valence electrons. The van der Waals surface area contributed by atoms with Crippen molar-refractivity contribution in [2.45, 2.75) is 72.1 Å². The van der Waals surface area contributed by atoms with E-state index in [9.17, 15) is 4.79 Å². The van der Waals surface area contributed by atoms with Crippen LogP contribution in [-0.2, 0) is 4.79 Å². The summed E-state index contributed by atoms with van der Waals surface area (Å²) in [6, 6.07) is 0.290. The highest BCUT2D eigenvalue weighted by Crippen LogP contribution is 2.25. The molecule has 0 aliphatic carbocycles. The summed E-state index contributed by atoms with van der Waals surface area (Å²) in [5.74, 6) is 1.25. The maximum atomic E-state index is 12.9. The lowest BCUT2D eigenvalue weighted by atomic mass is 10.00. The fraction of sp³-hybridized carbons (Fsp3) is 0.941. The summed E-state index contributed by atoms with van der Waals surface area (Å²) in [7, 11) is 4.19. The molecule has 1 saturated heterocycles. The molecule has 0 bridgehead atoms. The third-order valence-corrected chi connectivity index (χ3v) is 4.17. The van der Waals surface area contributed by atoms with Gasteiger partial charge in [0, 0.05) is 12.6 Å². The lowest BCUT2D eigenvalue weighted by Crippen LogP contribution is -2.49. The van der Waals surface area contributed by atoms with Crippen LogP contribution in [0.15, 0.2) is 0 Å². The van der Waals surface area contributed by atoms with Gasteiger partial charge in [-0.25, -0.2) is 0 Å². The van der Waals surface area contributed by atoms with Crippen molar-refractivity contribution in [3.8, 4) is 0 Å². The van der Waals surface area contributed by atoms with Gasteiger partial charge in [0.1, 0.15) is 0 Å². The number of nitrogens with zero attached hydrogens (tertiary/aromatic N) is 2. The molecule has 0 aromatic heterocycles. The van der Waals surface area contributed by atoms with E-state index in [1.807, 2.05) is 0 Å². The first-order valence-corrected chi connectivity index (χ1v) is 8.50. The lowest BCUT2D eigenvalue weighted by molar-refractivity contribution is -0.133. The SMILES string of the molecule is CCCC1NC(C(C)C)C(=O)N1C(CC(C)C)CN(C)C. The van der Waals surface area contributed by atoms with Crippen molar-refractivity contribution < 1.29 is 4.79 Å². The quantitative estimate of drug-likeness (QED) is 0.748. The average molecular weight is 297 g/mol. The summed E-state index contributed by atoms with van der Waals surface area (Å²) in [5.41, 5.74) is 0. The number of rotatable bonds is 8. The summed E-state index contributed by atoms with van der Waals surface area (Å²) in [4.78, 5) is 17.2. The van der Waals surface area contributed by atoms with E-state index in [0.717, 1.165) is 25.8 Å². The largest absolute Gasteiger partial charge is 0.322 e. The molecule has 0 spiro atoms. The Balaban J connectivity index is 2.96. The van der Waals surface area contributed by atoms with Crippen LogP contribution in [0.2, 0.25) is 0 Å². The summed E-state index contributed by atoms with van der Waals surface area (Å²) in [6.07, 6.45) is 3.41. The maximum absolute atomic E-state index is 12.9. The van der Waals surface area contributed by atoms with Crippen LogP contribution < -0.4 is 5.32 Å². The normalized spacial score (nSPS) is 24.7. The third-order valence-electron chi connectivity index (χ3n) is 4.17. The first-order chi connectivity index (χ1) is 9.77. The van der Waals surface area contributed by atoms with Gasteiger partial charge in [0.2, 0.25) is 5.91 Å². The van der Waals surface area contributed by atoms with Gasteiger partial charge in [-0.2, -0.15) is 0 Å². The van der Waals surface area contributed by atoms with E-state index < -0.39 is 0 Å². The van der Waals surface area contributed by atoms with E-state index in [-0.39, 0.29) is 12.2 Å². The Hall–Kier alpha value is -0.610. The van der Waals surface area contributed by atoms with Crippen LogP contribution in [0.4, 0.5) is 0 Å². The number of hydrogen-bond donors (Lipinski definition) is 1. The van der Waals surface area contributed by atoms with Crippen LogP contribution >= 0.6 is 0 Å². The smallest absolute Gasteiger partial charge is 0.241 e. The first kappa shape index (κ1) is 18.4. The molecule has 4 nitrogen and oxygen atoms in total. The zero-order chi connectivity index (χ0) is 16.2. The number of nitrogens with one attached hydrogen (secondary N) is 1. The van der Waals surface area contributed by atoms with Crippen LogP contribution in [0.25, 0.3) is 0 Å². The minimum Gasteiger partial charge on any atom is -0.322 e. The van der Waals surface area contributed by atoms with Gasteiger partial charge in [-0.15, -0.1) is 0 Å². The van der Waals surface area contributed by atoms with Gasteiger partial charge in [-0.3, -0.25) is 10.1 Å². The Kier molecular flexibility index (Phi) is 7.14. The number of carbonyl (C=O) groups is 1. The Bertz CT molecular complexity index is 318. The molecule has 4 heteroatoms. The highest BCUT2D eigenvalue weighted by atomic mass is 16.2. The highest BCUT2D eigenvalue weighted by Gasteiger charge is 2.43. The van der Waals surface area contributed by atoms with Crippen LogP contribution in [0.3, 0.4) is 0 Å². The molecular weight excluding hydrogens is 262 g/mol. The molecule has 0 saturated carbocycles. The van der Waals surface area contributed by atoms with E-state index in [1.54, 1.807) is 0 Å². The predicted octanol–water partition coefficient (Wildman–Crippen LogP) is 2.55. The second-order valence-corrected chi connectivity index (χ2v) is 7.48. The van der Waals surface area contributed by atoms with Gasteiger partial charge in [0.25, 0.3) is 0 Å². The molecule has 3 atom stereocenters. The lowest BCUT2D eigenvalue weighted by Gasteiger charge is -2.35. The summed E-state index contributed by atoms with van der Waals surface area (Å²) >= 11 is 0. The third kappa shape index (κ3) is 4.96. The first-order valence-electron chi connectivity index (χ1n) is 8.50. The Labute approximate surface area is 131 Å². The van der Waals surface area contributed by atoms with Crippen LogP contribution in [0, 0.1) is 11.8 Å². The number of carbonyl (C=O) groups excluding carboxylic acids is 1. The highest BCUT2D eigenvalue weighted by molar-refractivity contribution is 5.85. The summed E-state index contributed by atoms with van der Waals surface area (Å²) in [5, 5.41) is 3.58. The van der Waals surface area contributed by atoms with Crippen LogP contribution in [-0.4, -0.2) is 54.6 Å². The van der Waals surface area contributed by atoms with Crippen molar-refractivity contribution in [3.05, 3.63) is 0 Å². The van der Waals surface area contributed by atoms with Crippen LogP contribution in [0.5, 0.6) is 0 Å². The number of hydrogen-bond acceptors (Lipinski definition) is 3. The second-order valence-electron chi connectivity index (χ2n) is 7.48. The molecule has 1 fully saturated rings. The van der Waals surface area contributed by atoms with Crippen molar-refractivity contribution >= 4 is 5.91 Å². The van der Waals surface area contributed by atoms with E-state index in [2.05, 4.69) is 63.8 Å². The molecule has 1 rings (SSSR count). The molecule has 0 radical (unpaired) electrons. The van der Waals surface area contributed by atoms with Crippen molar-refractivity contribution in [2.75, 3.05) is 20.6 Å². The standard InChI is InChI=1S/C17H35N3O/c1-8-9-15-18-16(13(4)5)17(21)20(15)14(10-12(2)3)11-19(6)7/h12-16,18H,8-11H2,1-7H3. The predicted molar refractivity (Wildman–Crippen MR) is 89.1 cm³/mol. The van der Waals surface area contributed by atoms with E-state index >= 15 is 0 Å². The minimum atomic E-state index is -0.0154. The van der Waals surface area contributed by atoms with Gasteiger partial charge in [-0.05, 0) is 38.8 Å². The van der Waals surface area contributed by atoms with Crippen molar-refractivity contribution in [1.29, 1.82) is 0 Å². The molecule has 3 unspecified atom stereocenters. The van der Waals surface area contributed by atoms with Crippen molar-refractivity contribution in [1.82, 2.24) is 15.1 Å². The molecule has 21 heavy (non-hydrogen) atoms. The van der Waals surface area contributed by atoms with Gasteiger partial charge in [0.05, 0.1) is 12.2 Å². The van der Waals surface area contributed by atoms with Gasteiger partial charge in [-0.1, -0.05) is 41.0 Å². The summed E-state index contributed by atoms with van der Waals surface area (Å²) in [6.45, 7) is 11.9. The molecule has 1 N–H and O–H groups in total. The van der Waals surface area contributed by atoms with Crippen molar-refractivity contribution in [2.24, 2.45) is 11.8 Å². The maximum Gasteiger partial charge on any atom is 0.241 e. The van der Waals surface area contributed by atoms with Crippen molar-refractivity contribution in [3.63, 3.8) is 0 Å². The van der Waals surface area contributed by atoms with Gasteiger partial charge in [0.15, 0.2) is 0 Å². The van der Waals surface area contributed by atoms with Gasteiger partial charge < -0.3 is 9.80 Å². The minimum absolute atomic E-state index is 0.0154. The fourth-order valence-electron chi connectivity index (χ4n) is 3.32. The number of amides is 1. The van der Waals surface area contributed by atoms with Gasteiger partial charge >= 0.3 is 0 Å². The molecule has 1 heterocycles. The fourth-order valence-corrected chi connectivity index (χ4v) is 3.32. The number of likely N-dealkylation sites (N-methyl/N-ethyl adjacent to an activating group) is 1. The summed E-state index contributed by atoms with van der Waals surface area (Å²) < 4.78 is 0. The monoisotopic (exact) mass is 297 g/mol. The molecule has 1 aliphatic heterocycles. The zero-order valence-corrected chi connectivity index (χ0v) is 15.0. The molecule has 0 aromatic carbocycles. The van der Waals surface area contributed by atoms with E-state index in [0.29, 0.717) is 23.8 Å². The second kappa shape index (κ2) is 8.14. The van der Waals surface area contributed by atoms with E-state index in [4.69, 9.17) is 0 Å². The molecular formula is C17H35N3O. The Morgan fingerprint density at radius 1 is 1.24 bits per heavy atom. The van der Waals surface area contributed by atoms with E-state index in [1.165, 1.54) is 0 Å². The Morgan fingerprint density at radius 2 is 1.86 bits per heavy atom. The topological polar surface area (TPSA) is 35.6 Å².